The molecule has 7 heteroatoms. The topological polar surface area (TPSA) is 79.5 Å². The summed E-state index contributed by atoms with van der Waals surface area (Å²) in [5.41, 5.74) is 6.92. The van der Waals surface area contributed by atoms with Crippen molar-refractivity contribution in [3.8, 4) is 5.75 Å². The number of morpholine rings is 1. The summed E-state index contributed by atoms with van der Waals surface area (Å²) in [7, 11) is 1.66. The SMILES string of the molecule is COc1ccc2c(c1)[C@@]1(C[C@@H]1c1ccc3c(C=Cc4ccc(CN5CCOCC5)cc4)n[nH]c3c1)C(=O)N2. The third kappa shape index (κ3) is 3.90. The molecule has 2 aliphatic heterocycles. The lowest BCUT2D eigenvalue weighted by molar-refractivity contribution is -0.118. The molecule has 192 valence electrons. The molecule has 1 saturated heterocycles. The summed E-state index contributed by atoms with van der Waals surface area (Å²) in [6.45, 7) is 4.59. The van der Waals surface area contributed by atoms with Crippen LogP contribution in [0.2, 0.25) is 0 Å². The second-order valence-corrected chi connectivity index (χ2v) is 10.5. The highest BCUT2D eigenvalue weighted by molar-refractivity contribution is 6.10. The van der Waals surface area contributed by atoms with Crippen LogP contribution >= 0.6 is 0 Å². The predicted octanol–water partition coefficient (Wildman–Crippen LogP) is 4.95. The van der Waals surface area contributed by atoms with Gasteiger partial charge in [-0.3, -0.25) is 14.8 Å². The Balaban J connectivity index is 1.08. The standard InChI is InChI=1S/C31H30N4O3/c1-37-23-8-11-28-25(17-23)31(30(36)32-28)18-26(31)22-7-9-24-27(33-34-29(24)16-22)10-6-20-2-4-21(5-3-20)19-35-12-14-38-15-13-35/h2-11,16-17,26H,12-15,18-19H2,1H3,(H,32,36)(H,33,34)/t26-,31-/m1/s1. The molecule has 4 aromatic rings. The van der Waals surface area contributed by atoms with Gasteiger partial charge in [-0.25, -0.2) is 0 Å². The highest BCUT2D eigenvalue weighted by Crippen LogP contribution is 2.65. The van der Waals surface area contributed by atoms with Crippen LogP contribution in [0.4, 0.5) is 5.69 Å². The van der Waals surface area contributed by atoms with Crippen molar-refractivity contribution in [2.45, 2.75) is 24.3 Å². The summed E-state index contributed by atoms with van der Waals surface area (Å²) >= 11 is 0. The highest BCUT2D eigenvalue weighted by atomic mass is 16.5. The Kier molecular flexibility index (Phi) is 5.56. The fourth-order valence-electron chi connectivity index (χ4n) is 6.03. The van der Waals surface area contributed by atoms with E-state index in [1.807, 2.05) is 18.2 Å². The number of fused-ring (bicyclic) bond motifs is 3. The molecule has 1 spiro atoms. The summed E-state index contributed by atoms with van der Waals surface area (Å²) in [4.78, 5) is 15.4. The number of benzene rings is 3. The van der Waals surface area contributed by atoms with E-state index in [4.69, 9.17) is 9.47 Å². The molecule has 1 aromatic heterocycles. The van der Waals surface area contributed by atoms with Gasteiger partial charge < -0.3 is 14.8 Å². The molecule has 7 rings (SSSR count). The van der Waals surface area contributed by atoms with E-state index >= 15 is 0 Å². The first-order chi connectivity index (χ1) is 18.6. The zero-order valence-corrected chi connectivity index (χ0v) is 21.4. The molecule has 2 N–H and O–H groups in total. The van der Waals surface area contributed by atoms with Crippen LogP contribution < -0.4 is 10.1 Å². The number of aromatic nitrogens is 2. The van der Waals surface area contributed by atoms with E-state index in [2.05, 4.69) is 75.0 Å². The van der Waals surface area contributed by atoms with Crippen molar-refractivity contribution >= 4 is 34.6 Å². The second kappa shape index (κ2) is 9.11. The van der Waals surface area contributed by atoms with Crippen LogP contribution in [-0.4, -0.2) is 54.4 Å². The molecule has 1 amide bonds. The molecule has 2 fully saturated rings. The molecular weight excluding hydrogens is 476 g/mol. The van der Waals surface area contributed by atoms with Crippen molar-refractivity contribution in [1.29, 1.82) is 0 Å². The van der Waals surface area contributed by atoms with Crippen LogP contribution in [0.5, 0.6) is 5.75 Å². The number of rotatable bonds is 6. The number of carbonyl (C=O) groups is 1. The first kappa shape index (κ1) is 23.2. The summed E-state index contributed by atoms with van der Waals surface area (Å²) in [6.07, 6.45) is 4.96. The number of hydrogen-bond acceptors (Lipinski definition) is 5. The average Bonchev–Trinajstić information content (AvgIpc) is 3.50. The van der Waals surface area contributed by atoms with Gasteiger partial charge in [-0.15, -0.1) is 0 Å². The van der Waals surface area contributed by atoms with Gasteiger partial charge in [0.15, 0.2) is 0 Å². The number of methoxy groups -OCH3 is 1. The molecule has 3 aliphatic rings. The molecule has 1 aliphatic carbocycles. The van der Waals surface area contributed by atoms with Crippen molar-refractivity contribution < 1.29 is 14.3 Å². The van der Waals surface area contributed by atoms with Gasteiger partial charge >= 0.3 is 0 Å². The van der Waals surface area contributed by atoms with Crippen molar-refractivity contribution in [1.82, 2.24) is 15.1 Å². The zero-order valence-electron chi connectivity index (χ0n) is 21.4. The Labute approximate surface area is 221 Å². The van der Waals surface area contributed by atoms with Gasteiger partial charge in [0, 0.05) is 36.6 Å². The lowest BCUT2D eigenvalue weighted by atomic mass is 9.91. The molecule has 0 unspecified atom stereocenters. The Hall–Kier alpha value is -3.94. The molecule has 2 atom stereocenters. The van der Waals surface area contributed by atoms with E-state index in [0.29, 0.717) is 0 Å². The van der Waals surface area contributed by atoms with Crippen LogP contribution in [0.15, 0.2) is 60.7 Å². The lowest BCUT2D eigenvalue weighted by Crippen LogP contribution is -2.35. The largest absolute Gasteiger partial charge is 0.497 e. The van der Waals surface area contributed by atoms with Crippen molar-refractivity contribution in [2.24, 2.45) is 0 Å². The summed E-state index contributed by atoms with van der Waals surface area (Å²) in [6, 6.07) is 20.9. The maximum atomic E-state index is 13.0. The molecule has 7 nitrogen and oxygen atoms in total. The Morgan fingerprint density at radius 2 is 1.92 bits per heavy atom. The van der Waals surface area contributed by atoms with Crippen molar-refractivity contribution in [3.63, 3.8) is 0 Å². The maximum Gasteiger partial charge on any atom is 0.235 e. The van der Waals surface area contributed by atoms with E-state index in [9.17, 15) is 4.79 Å². The molecular formula is C31H30N4O3. The number of aromatic amines is 1. The number of amides is 1. The van der Waals surface area contributed by atoms with Gasteiger partial charge in [0.05, 0.1) is 36.9 Å². The fraction of sp³-hybridized carbons (Fsp3) is 0.290. The number of ether oxygens (including phenoxy) is 2. The van der Waals surface area contributed by atoms with Crippen LogP contribution in [0, 0.1) is 0 Å². The third-order valence-corrected chi connectivity index (χ3v) is 8.26. The summed E-state index contributed by atoms with van der Waals surface area (Å²) < 4.78 is 10.9. The van der Waals surface area contributed by atoms with Gasteiger partial charge in [-0.05, 0) is 59.0 Å². The van der Waals surface area contributed by atoms with E-state index in [0.717, 1.165) is 84.0 Å². The van der Waals surface area contributed by atoms with Crippen molar-refractivity contribution in [3.05, 3.63) is 88.6 Å². The minimum absolute atomic E-state index is 0.0787. The minimum atomic E-state index is -0.506. The fourth-order valence-corrected chi connectivity index (χ4v) is 6.03. The second-order valence-electron chi connectivity index (χ2n) is 10.5. The zero-order chi connectivity index (χ0) is 25.7. The van der Waals surface area contributed by atoms with Gasteiger partial charge in [-0.1, -0.05) is 42.5 Å². The molecule has 38 heavy (non-hydrogen) atoms. The van der Waals surface area contributed by atoms with Crippen LogP contribution in [0.3, 0.4) is 0 Å². The number of nitrogens with one attached hydrogen (secondary N) is 2. The van der Waals surface area contributed by atoms with E-state index < -0.39 is 5.41 Å². The predicted molar refractivity (Wildman–Crippen MR) is 148 cm³/mol. The number of nitrogens with zero attached hydrogens (tertiary/aromatic N) is 2. The average molecular weight is 507 g/mol. The first-order valence-corrected chi connectivity index (χ1v) is 13.2. The molecule has 0 radical (unpaired) electrons. The Morgan fingerprint density at radius 1 is 1.08 bits per heavy atom. The lowest BCUT2D eigenvalue weighted by Gasteiger charge is -2.26. The molecule has 0 bridgehead atoms. The number of H-pyrrole nitrogens is 1. The summed E-state index contributed by atoms with van der Waals surface area (Å²) in [5.74, 6) is 0.992. The molecule has 3 heterocycles. The number of anilines is 1. The van der Waals surface area contributed by atoms with E-state index in [1.54, 1.807) is 7.11 Å². The monoisotopic (exact) mass is 506 g/mol. The van der Waals surface area contributed by atoms with Gasteiger partial charge in [-0.2, -0.15) is 5.10 Å². The highest BCUT2D eigenvalue weighted by Gasteiger charge is 2.65. The minimum Gasteiger partial charge on any atom is -0.497 e. The molecule has 1 saturated carbocycles. The quantitative estimate of drug-likeness (QED) is 0.387. The Morgan fingerprint density at radius 3 is 2.74 bits per heavy atom. The number of hydrogen-bond donors (Lipinski definition) is 2. The van der Waals surface area contributed by atoms with Gasteiger partial charge in [0.1, 0.15) is 5.75 Å². The normalized spacial score (nSPS) is 22.8. The van der Waals surface area contributed by atoms with Crippen molar-refractivity contribution in [2.75, 3.05) is 38.7 Å². The molecule has 3 aromatic carbocycles. The van der Waals surface area contributed by atoms with Crippen LogP contribution in [0.1, 0.15) is 40.3 Å². The smallest absolute Gasteiger partial charge is 0.235 e. The van der Waals surface area contributed by atoms with E-state index in [-0.39, 0.29) is 11.8 Å². The Bertz CT molecular complexity index is 1550. The summed E-state index contributed by atoms with van der Waals surface area (Å²) in [5, 5.41) is 11.9. The van der Waals surface area contributed by atoms with Gasteiger partial charge in [0.2, 0.25) is 5.91 Å². The number of carbonyl (C=O) groups excluding carboxylic acids is 1. The van der Waals surface area contributed by atoms with Gasteiger partial charge in [0.25, 0.3) is 0 Å². The van der Waals surface area contributed by atoms with Crippen LogP contribution in [0.25, 0.3) is 23.1 Å². The van der Waals surface area contributed by atoms with E-state index in [1.165, 1.54) is 5.56 Å². The maximum absolute atomic E-state index is 13.0. The third-order valence-electron chi connectivity index (χ3n) is 8.26. The van der Waals surface area contributed by atoms with Crippen LogP contribution in [-0.2, 0) is 21.5 Å². The first-order valence-electron chi connectivity index (χ1n) is 13.2.